The van der Waals surface area contributed by atoms with Crippen LogP contribution in [0.4, 0.5) is 5.69 Å². The fourth-order valence-electron chi connectivity index (χ4n) is 1.75. The number of benzene rings is 1. The highest BCUT2D eigenvalue weighted by molar-refractivity contribution is 5.93. The Morgan fingerprint density at radius 3 is 3.00 bits per heavy atom. The molecule has 0 bridgehead atoms. The summed E-state index contributed by atoms with van der Waals surface area (Å²) in [5, 5.41) is 12.2. The second kappa shape index (κ2) is 4.40. The van der Waals surface area contributed by atoms with E-state index in [2.05, 4.69) is 5.32 Å². The van der Waals surface area contributed by atoms with Gasteiger partial charge < -0.3 is 20.9 Å². The number of carboxylic acid groups (broad SMARTS) is 1. The average molecular weight is 222 g/mol. The van der Waals surface area contributed by atoms with Gasteiger partial charge in [-0.1, -0.05) is 6.07 Å². The molecule has 1 atom stereocenters. The Morgan fingerprint density at radius 1 is 1.56 bits per heavy atom. The van der Waals surface area contributed by atoms with Gasteiger partial charge in [0.05, 0.1) is 5.69 Å². The van der Waals surface area contributed by atoms with Crippen LogP contribution in [0.1, 0.15) is 16.8 Å². The number of hydrogen-bond donors (Lipinski definition) is 3. The first-order valence-corrected chi connectivity index (χ1v) is 5.17. The van der Waals surface area contributed by atoms with Crippen LogP contribution in [0.3, 0.4) is 0 Å². The van der Waals surface area contributed by atoms with Crippen molar-refractivity contribution in [3.8, 4) is 5.75 Å². The predicted octanol–water partition coefficient (Wildman–Crippen LogP) is 0.708. The summed E-state index contributed by atoms with van der Waals surface area (Å²) in [7, 11) is 0. The number of ether oxygens (including phenoxy) is 1. The highest BCUT2D eigenvalue weighted by Gasteiger charge is 2.21. The first-order chi connectivity index (χ1) is 7.68. The molecule has 1 unspecified atom stereocenters. The Kier molecular flexibility index (Phi) is 2.96. The normalized spacial score (nSPS) is 19.6. The monoisotopic (exact) mass is 222 g/mol. The van der Waals surface area contributed by atoms with E-state index in [1.165, 1.54) is 6.07 Å². The zero-order valence-electron chi connectivity index (χ0n) is 8.77. The molecule has 0 aromatic heterocycles. The second-order valence-electron chi connectivity index (χ2n) is 3.76. The summed E-state index contributed by atoms with van der Waals surface area (Å²) < 4.78 is 5.63. The number of nitrogen functional groups attached to an aromatic ring is 1. The fraction of sp³-hybridized carbons (Fsp3) is 0.364. The van der Waals surface area contributed by atoms with E-state index in [-0.39, 0.29) is 17.4 Å². The van der Waals surface area contributed by atoms with Gasteiger partial charge in [0.15, 0.2) is 5.75 Å². The maximum absolute atomic E-state index is 11.0. The van der Waals surface area contributed by atoms with Crippen molar-refractivity contribution in [3.05, 3.63) is 23.8 Å². The Balaban J connectivity index is 2.26. The molecule has 1 fully saturated rings. The van der Waals surface area contributed by atoms with E-state index in [9.17, 15) is 4.79 Å². The first-order valence-electron chi connectivity index (χ1n) is 5.17. The summed E-state index contributed by atoms with van der Waals surface area (Å²) >= 11 is 0. The molecule has 1 aliphatic rings. The summed E-state index contributed by atoms with van der Waals surface area (Å²) in [5.41, 5.74) is 6.21. The highest BCUT2D eigenvalue weighted by atomic mass is 16.5. The smallest absolute Gasteiger partial charge is 0.339 e. The summed E-state index contributed by atoms with van der Waals surface area (Å²) in [6.45, 7) is 1.62. The van der Waals surface area contributed by atoms with Crippen molar-refractivity contribution in [2.24, 2.45) is 0 Å². The maximum Gasteiger partial charge on any atom is 0.339 e. The van der Waals surface area contributed by atoms with Crippen LogP contribution in [0.25, 0.3) is 0 Å². The minimum atomic E-state index is -1.02. The lowest BCUT2D eigenvalue weighted by Gasteiger charge is -2.16. The Labute approximate surface area is 93.2 Å². The molecule has 1 aromatic carbocycles. The topological polar surface area (TPSA) is 84.6 Å². The van der Waals surface area contributed by atoms with E-state index in [0.29, 0.717) is 5.69 Å². The van der Waals surface area contributed by atoms with Gasteiger partial charge >= 0.3 is 5.97 Å². The van der Waals surface area contributed by atoms with Crippen LogP contribution in [-0.4, -0.2) is 30.3 Å². The third-order valence-electron chi connectivity index (χ3n) is 2.58. The van der Waals surface area contributed by atoms with Gasteiger partial charge in [-0.15, -0.1) is 0 Å². The Hall–Kier alpha value is -1.75. The molecule has 5 nitrogen and oxygen atoms in total. The number of hydrogen-bond acceptors (Lipinski definition) is 4. The van der Waals surface area contributed by atoms with E-state index in [1.807, 2.05) is 0 Å². The molecule has 0 radical (unpaired) electrons. The largest absolute Gasteiger partial charge is 0.486 e. The molecular weight excluding hydrogens is 208 g/mol. The van der Waals surface area contributed by atoms with Crippen LogP contribution in [0.2, 0.25) is 0 Å². The molecule has 4 N–H and O–H groups in total. The van der Waals surface area contributed by atoms with E-state index < -0.39 is 5.97 Å². The number of anilines is 1. The SMILES string of the molecule is Nc1cccc(C(=O)O)c1OC1CCNC1. The minimum absolute atomic E-state index is 0.00259. The van der Waals surface area contributed by atoms with Gasteiger partial charge in [0.1, 0.15) is 11.7 Å². The number of carbonyl (C=O) groups is 1. The third-order valence-corrected chi connectivity index (χ3v) is 2.58. The van der Waals surface area contributed by atoms with Crippen LogP contribution in [-0.2, 0) is 0 Å². The van der Waals surface area contributed by atoms with Crippen molar-refractivity contribution in [3.63, 3.8) is 0 Å². The fourth-order valence-corrected chi connectivity index (χ4v) is 1.75. The van der Waals surface area contributed by atoms with Crippen molar-refractivity contribution >= 4 is 11.7 Å². The molecule has 0 spiro atoms. The number of para-hydroxylation sites is 1. The average Bonchev–Trinajstić information content (AvgIpc) is 2.73. The van der Waals surface area contributed by atoms with Crippen molar-refractivity contribution in [2.75, 3.05) is 18.8 Å². The van der Waals surface area contributed by atoms with Gasteiger partial charge in [-0.3, -0.25) is 0 Å². The van der Waals surface area contributed by atoms with Gasteiger partial charge in [-0.2, -0.15) is 0 Å². The summed E-state index contributed by atoms with van der Waals surface area (Å²) in [5.74, 6) is -0.739. The quantitative estimate of drug-likeness (QED) is 0.656. The molecule has 1 aromatic rings. The lowest BCUT2D eigenvalue weighted by molar-refractivity contribution is 0.0690. The van der Waals surface area contributed by atoms with Crippen molar-refractivity contribution in [2.45, 2.75) is 12.5 Å². The summed E-state index contributed by atoms with van der Waals surface area (Å²) in [6, 6.07) is 4.75. The molecule has 16 heavy (non-hydrogen) atoms. The Morgan fingerprint density at radius 2 is 2.38 bits per heavy atom. The number of rotatable bonds is 3. The Bertz CT molecular complexity index is 400. The minimum Gasteiger partial charge on any atom is -0.486 e. The number of nitrogens with one attached hydrogen (secondary N) is 1. The standard InChI is InChI=1S/C11H14N2O3/c12-9-3-1-2-8(11(14)15)10(9)16-7-4-5-13-6-7/h1-3,7,13H,4-6,12H2,(H,14,15). The van der Waals surface area contributed by atoms with Crippen molar-refractivity contribution < 1.29 is 14.6 Å². The van der Waals surface area contributed by atoms with Crippen LogP contribution >= 0.6 is 0 Å². The van der Waals surface area contributed by atoms with Crippen LogP contribution in [0.5, 0.6) is 5.75 Å². The molecule has 2 rings (SSSR count). The van der Waals surface area contributed by atoms with Gasteiger partial charge in [-0.05, 0) is 25.1 Å². The van der Waals surface area contributed by atoms with Crippen LogP contribution in [0.15, 0.2) is 18.2 Å². The molecule has 1 saturated heterocycles. The molecule has 1 aliphatic heterocycles. The maximum atomic E-state index is 11.0. The number of aromatic carboxylic acids is 1. The second-order valence-corrected chi connectivity index (χ2v) is 3.76. The molecular formula is C11H14N2O3. The van der Waals surface area contributed by atoms with Crippen molar-refractivity contribution in [1.29, 1.82) is 0 Å². The molecule has 0 saturated carbocycles. The number of nitrogens with two attached hydrogens (primary N) is 1. The lowest BCUT2D eigenvalue weighted by Crippen LogP contribution is -2.21. The van der Waals surface area contributed by atoms with Gasteiger partial charge in [0.2, 0.25) is 0 Å². The molecule has 5 heteroatoms. The molecule has 1 heterocycles. The van der Waals surface area contributed by atoms with E-state index in [4.69, 9.17) is 15.6 Å². The summed E-state index contributed by atoms with van der Waals surface area (Å²) in [4.78, 5) is 11.0. The van der Waals surface area contributed by atoms with Crippen LogP contribution < -0.4 is 15.8 Å². The van der Waals surface area contributed by atoms with Crippen molar-refractivity contribution in [1.82, 2.24) is 5.32 Å². The first kappa shape index (κ1) is 10.8. The lowest BCUT2D eigenvalue weighted by atomic mass is 10.1. The molecule has 0 amide bonds. The van der Waals surface area contributed by atoms with E-state index in [1.54, 1.807) is 12.1 Å². The van der Waals surface area contributed by atoms with Gasteiger partial charge in [0.25, 0.3) is 0 Å². The van der Waals surface area contributed by atoms with Gasteiger partial charge in [0, 0.05) is 6.54 Å². The van der Waals surface area contributed by atoms with E-state index >= 15 is 0 Å². The summed E-state index contributed by atoms with van der Waals surface area (Å²) in [6.07, 6.45) is 0.871. The number of carboxylic acids is 1. The molecule has 86 valence electrons. The van der Waals surface area contributed by atoms with Crippen LogP contribution in [0, 0.1) is 0 Å². The zero-order chi connectivity index (χ0) is 11.5. The highest BCUT2D eigenvalue weighted by Crippen LogP contribution is 2.28. The van der Waals surface area contributed by atoms with E-state index in [0.717, 1.165) is 19.5 Å². The third kappa shape index (κ3) is 2.09. The predicted molar refractivity (Wildman–Crippen MR) is 59.7 cm³/mol. The zero-order valence-corrected chi connectivity index (χ0v) is 8.77. The molecule has 0 aliphatic carbocycles. The van der Waals surface area contributed by atoms with Gasteiger partial charge in [-0.25, -0.2) is 4.79 Å².